The molecule has 2 rings (SSSR count). The first-order valence-electron chi connectivity index (χ1n) is 26.4. The average Bonchev–Trinajstić information content (AvgIpc) is 3.15. The highest BCUT2D eigenvalue weighted by Crippen LogP contribution is 2.42. The highest BCUT2D eigenvalue weighted by atomic mass is 16.7. The van der Waals surface area contributed by atoms with Crippen LogP contribution < -0.4 is 0 Å². The molecule has 7 heteroatoms. The fourth-order valence-corrected chi connectivity index (χ4v) is 10.8. The molecule has 0 radical (unpaired) electrons. The third-order valence-corrected chi connectivity index (χ3v) is 13.6. The van der Waals surface area contributed by atoms with E-state index in [2.05, 4.69) is 79.4 Å². The van der Waals surface area contributed by atoms with E-state index in [0.717, 1.165) is 26.1 Å². The van der Waals surface area contributed by atoms with Gasteiger partial charge in [0.2, 0.25) is 0 Å². The van der Waals surface area contributed by atoms with Crippen molar-refractivity contribution in [2.75, 3.05) is 13.2 Å². The lowest BCUT2D eigenvalue weighted by Crippen LogP contribution is -2.62. The lowest BCUT2D eigenvalue weighted by atomic mass is 9.80. The second-order valence-corrected chi connectivity index (χ2v) is 22.0. The standard InChI is InChI=1S/C53H104N2O5/c1-11-13-15-17-19-21-23-25-27-29-31-33-35-37-39-41-57-54-50(3,4)43-47(44-51(54,5)6)59-49(56)60-48-45-52(7,8)55(53(9,10)46-48)58-42-40-38-36-34-32-30-28-26-24-22-20-18-16-14-12-2/h47-48H,11-46H2,1-10H3. The number of carbonyl (C=O) groups excluding carboxylic acids is 1. The summed E-state index contributed by atoms with van der Waals surface area (Å²) in [5.74, 6) is 0. The highest BCUT2D eigenvalue weighted by molar-refractivity contribution is 5.60. The number of rotatable bonds is 36. The van der Waals surface area contributed by atoms with E-state index in [1.165, 1.54) is 180 Å². The maximum Gasteiger partial charge on any atom is 0.508 e. The Labute approximate surface area is 374 Å². The smallest absolute Gasteiger partial charge is 0.431 e. The molecule has 0 atom stereocenters. The topological polar surface area (TPSA) is 60.5 Å². The Morgan fingerprint density at radius 3 is 0.783 bits per heavy atom. The third kappa shape index (κ3) is 23.7. The van der Waals surface area contributed by atoms with Gasteiger partial charge in [-0.15, -0.1) is 0 Å². The predicted octanol–water partition coefficient (Wildman–Crippen LogP) is 16.8. The SMILES string of the molecule is CCCCCCCCCCCCCCCCCON1C(C)(C)CC(OC(=O)OC2CC(C)(C)N(OCCCCCCCCCCCCCCCCC)C(C)(C)C2)CC1(C)C. The fourth-order valence-electron chi connectivity index (χ4n) is 10.8. The van der Waals surface area contributed by atoms with Crippen LogP contribution in [0.1, 0.15) is 288 Å². The Hall–Kier alpha value is -0.890. The van der Waals surface area contributed by atoms with E-state index in [1.54, 1.807) is 0 Å². The number of carbonyl (C=O) groups is 1. The molecular formula is C53H104N2O5. The largest absolute Gasteiger partial charge is 0.508 e. The van der Waals surface area contributed by atoms with Crippen LogP contribution in [0.3, 0.4) is 0 Å². The molecule has 0 aromatic rings. The van der Waals surface area contributed by atoms with E-state index < -0.39 is 6.16 Å². The van der Waals surface area contributed by atoms with Gasteiger partial charge in [-0.2, -0.15) is 10.1 Å². The summed E-state index contributed by atoms with van der Waals surface area (Å²) in [6, 6.07) is 0. The maximum absolute atomic E-state index is 13.3. The molecule has 0 saturated carbocycles. The number of piperidine rings is 2. The minimum absolute atomic E-state index is 0.215. The Morgan fingerprint density at radius 1 is 0.367 bits per heavy atom. The highest BCUT2D eigenvalue weighted by Gasteiger charge is 2.50. The van der Waals surface area contributed by atoms with Gasteiger partial charge >= 0.3 is 6.16 Å². The van der Waals surface area contributed by atoms with Gasteiger partial charge in [-0.1, -0.05) is 194 Å². The summed E-state index contributed by atoms with van der Waals surface area (Å²) >= 11 is 0. The van der Waals surface area contributed by atoms with Crippen molar-refractivity contribution in [3.05, 3.63) is 0 Å². The van der Waals surface area contributed by atoms with Crippen molar-refractivity contribution in [1.82, 2.24) is 10.1 Å². The zero-order valence-corrected chi connectivity index (χ0v) is 42.0. The van der Waals surface area contributed by atoms with Crippen molar-refractivity contribution < 1.29 is 23.9 Å². The molecule has 7 nitrogen and oxygen atoms in total. The molecule has 356 valence electrons. The first kappa shape index (κ1) is 55.2. The lowest BCUT2D eigenvalue weighted by Gasteiger charge is -2.54. The van der Waals surface area contributed by atoms with Gasteiger partial charge in [0.15, 0.2) is 0 Å². The van der Waals surface area contributed by atoms with Crippen LogP contribution in [-0.4, -0.2) is 63.9 Å². The second kappa shape index (κ2) is 31.1. The van der Waals surface area contributed by atoms with Crippen LogP contribution in [0.25, 0.3) is 0 Å². The van der Waals surface area contributed by atoms with Crippen molar-refractivity contribution in [3.63, 3.8) is 0 Å². The number of nitrogens with zero attached hydrogens (tertiary/aromatic N) is 2. The molecule has 0 N–H and O–H groups in total. The number of hydroxylamine groups is 4. The quantitative estimate of drug-likeness (QED) is 0.0460. The molecule has 2 aliphatic rings. The Kier molecular flexibility index (Phi) is 28.6. The summed E-state index contributed by atoms with van der Waals surface area (Å²) in [5, 5.41) is 4.38. The van der Waals surface area contributed by atoms with E-state index in [9.17, 15) is 4.79 Å². The zero-order chi connectivity index (χ0) is 44.2. The number of hydrogen-bond donors (Lipinski definition) is 0. The van der Waals surface area contributed by atoms with E-state index in [4.69, 9.17) is 19.1 Å². The normalized spacial score (nSPS) is 19.5. The molecule has 2 saturated heterocycles. The molecule has 2 fully saturated rings. The molecule has 0 aromatic heterocycles. The molecule has 0 spiro atoms. The van der Waals surface area contributed by atoms with Gasteiger partial charge in [0.25, 0.3) is 0 Å². The Balaban J connectivity index is 1.59. The molecule has 0 aliphatic carbocycles. The molecule has 0 unspecified atom stereocenters. The van der Waals surface area contributed by atoms with Crippen LogP contribution >= 0.6 is 0 Å². The summed E-state index contributed by atoms with van der Waals surface area (Å²) < 4.78 is 12.2. The maximum atomic E-state index is 13.3. The van der Waals surface area contributed by atoms with E-state index in [0.29, 0.717) is 25.7 Å². The second-order valence-electron chi connectivity index (χ2n) is 22.0. The minimum atomic E-state index is -0.539. The third-order valence-electron chi connectivity index (χ3n) is 13.6. The van der Waals surface area contributed by atoms with E-state index in [1.807, 2.05) is 0 Å². The summed E-state index contributed by atoms with van der Waals surface area (Å²) in [4.78, 5) is 26.3. The molecule has 0 aromatic carbocycles. The van der Waals surface area contributed by atoms with Gasteiger partial charge in [-0.05, 0) is 68.2 Å². The van der Waals surface area contributed by atoms with Gasteiger partial charge in [-0.3, -0.25) is 9.68 Å². The number of hydrogen-bond acceptors (Lipinski definition) is 7. The van der Waals surface area contributed by atoms with Crippen LogP contribution in [0.4, 0.5) is 4.79 Å². The summed E-state index contributed by atoms with van der Waals surface area (Å²) in [6.45, 7) is 23.8. The summed E-state index contributed by atoms with van der Waals surface area (Å²) in [7, 11) is 0. The molecule has 60 heavy (non-hydrogen) atoms. The zero-order valence-electron chi connectivity index (χ0n) is 42.0. The Morgan fingerprint density at radius 2 is 0.567 bits per heavy atom. The number of ether oxygens (including phenoxy) is 2. The van der Waals surface area contributed by atoms with Crippen LogP contribution in [0.2, 0.25) is 0 Å². The molecule has 0 bridgehead atoms. The van der Waals surface area contributed by atoms with E-state index >= 15 is 0 Å². The van der Waals surface area contributed by atoms with Gasteiger partial charge in [-0.25, -0.2) is 4.79 Å². The van der Waals surface area contributed by atoms with Crippen LogP contribution in [-0.2, 0) is 19.1 Å². The summed E-state index contributed by atoms with van der Waals surface area (Å²) in [6.07, 6.45) is 42.8. The van der Waals surface area contributed by atoms with Crippen molar-refractivity contribution in [2.45, 2.75) is 322 Å². The average molecular weight is 849 g/mol. The number of unbranched alkanes of at least 4 members (excludes halogenated alkanes) is 28. The first-order valence-corrected chi connectivity index (χ1v) is 26.4. The molecule has 2 aliphatic heterocycles. The van der Waals surface area contributed by atoms with Gasteiger partial charge in [0.1, 0.15) is 12.2 Å². The molecular weight excluding hydrogens is 745 g/mol. The van der Waals surface area contributed by atoms with Gasteiger partial charge < -0.3 is 9.47 Å². The van der Waals surface area contributed by atoms with Crippen LogP contribution in [0, 0.1) is 0 Å². The lowest BCUT2D eigenvalue weighted by molar-refractivity contribution is -0.296. The fraction of sp³-hybridized carbons (Fsp3) is 0.981. The summed E-state index contributed by atoms with van der Waals surface area (Å²) in [5.41, 5.74) is -1.05. The van der Waals surface area contributed by atoms with Crippen molar-refractivity contribution in [1.29, 1.82) is 0 Å². The van der Waals surface area contributed by atoms with Crippen molar-refractivity contribution in [3.8, 4) is 0 Å². The molecule has 0 amide bonds. The Bertz CT molecular complexity index is 944. The minimum Gasteiger partial charge on any atom is -0.431 e. The van der Waals surface area contributed by atoms with E-state index in [-0.39, 0.29) is 34.4 Å². The van der Waals surface area contributed by atoms with Crippen LogP contribution in [0.15, 0.2) is 0 Å². The van der Waals surface area contributed by atoms with Crippen molar-refractivity contribution in [2.24, 2.45) is 0 Å². The van der Waals surface area contributed by atoms with Crippen LogP contribution in [0.5, 0.6) is 0 Å². The predicted molar refractivity (Wildman–Crippen MR) is 255 cm³/mol. The first-order chi connectivity index (χ1) is 28.6. The van der Waals surface area contributed by atoms with Gasteiger partial charge in [0, 0.05) is 47.8 Å². The van der Waals surface area contributed by atoms with Crippen molar-refractivity contribution >= 4 is 6.16 Å². The van der Waals surface area contributed by atoms with Gasteiger partial charge in [0.05, 0.1) is 13.2 Å². The monoisotopic (exact) mass is 849 g/mol. The molecule has 2 heterocycles.